The minimum absolute atomic E-state index is 1.13. The standard InChI is InChI=1S/C37H58N2Si/c1-4-5-6-7-8-9-10-11-12-13-14-15-16-17-18-22-29-40(3)36-30-32(2)23-25-34(36)38-35-26-24-33(31-37(35)40)39-27-20-19-21-28-39/h23-26,30-31H,2,4-22,27-29H2,1,3H3. The van der Waals surface area contributed by atoms with Crippen molar-refractivity contribution in [1.29, 1.82) is 0 Å². The van der Waals surface area contributed by atoms with Crippen LogP contribution >= 0.6 is 0 Å². The molecule has 4 rings (SSSR count). The predicted molar refractivity (Wildman–Crippen MR) is 180 cm³/mol. The molecule has 2 aliphatic rings. The number of benzene rings is 2. The zero-order valence-corrected chi connectivity index (χ0v) is 27.1. The molecule has 3 heteroatoms. The van der Waals surface area contributed by atoms with Crippen molar-refractivity contribution in [2.75, 3.05) is 18.0 Å². The van der Waals surface area contributed by atoms with Crippen molar-refractivity contribution in [1.82, 2.24) is 0 Å². The molecule has 0 aromatic heterocycles. The van der Waals surface area contributed by atoms with Crippen molar-refractivity contribution in [3.05, 3.63) is 47.0 Å². The molecule has 2 aromatic carbocycles. The Balaban J connectivity index is 1.22. The summed E-state index contributed by atoms with van der Waals surface area (Å²) in [5.41, 5.74) is 2.66. The molecule has 2 aliphatic heterocycles. The minimum atomic E-state index is -1.87. The summed E-state index contributed by atoms with van der Waals surface area (Å²) in [5, 5.41) is 5.42. The maximum absolute atomic E-state index is 5.14. The molecule has 2 heterocycles. The maximum atomic E-state index is 5.14. The van der Waals surface area contributed by atoms with Crippen LogP contribution in [-0.2, 0) is 0 Å². The van der Waals surface area contributed by atoms with Crippen LogP contribution < -0.4 is 25.8 Å². The van der Waals surface area contributed by atoms with Gasteiger partial charge in [0.15, 0.2) is 0 Å². The van der Waals surface area contributed by atoms with Crippen LogP contribution in [0.25, 0.3) is 6.58 Å². The van der Waals surface area contributed by atoms with E-state index in [1.165, 1.54) is 163 Å². The van der Waals surface area contributed by atoms with Crippen LogP contribution in [-0.4, -0.2) is 21.2 Å². The molecule has 1 saturated heterocycles. The van der Waals surface area contributed by atoms with Crippen molar-refractivity contribution in [3.63, 3.8) is 0 Å². The van der Waals surface area contributed by atoms with Crippen LogP contribution in [0.4, 0.5) is 11.4 Å². The second kappa shape index (κ2) is 16.5. The lowest BCUT2D eigenvalue weighted by Gasteiger charge is -2.35. The largest absolute Gasteiger partial charge is 0.372 e. The lowest BCUT2D eigenvalue weighted by molar-refractivity contribution is 0.531. The van der Waals surface area contributed by atoms with Crippen LogP contribution in [0.5, 0.6) is 0 Å². The third-order valence-electron chi connectivity index (χ3n) is 9.72. The molecule has 1 unspecified atom stereocenters. The normalized spacial score (nSPS) is 18.3. The van der Waals surface area contributed by atoms with E-state index < -0.39 is 8.07 Å². The summed E-state index contributed by atoms with van der Waals surface area (Å²) in [6.45, 7) is 11.6. The minimum Gasteiger partial charge on any atom is -0.372 e. The number of hydrogen-bond donors (Lipinski definition) is 0. The summed E-state index contributed by atoms with van der Waals surface area (Å²) in [4.78, 5) is 7.76. The smallest absolute Gasteiger partial charge is 0.120 e. The quantitative estimate of drug-likeness (QED) is 0.132. The highest BCUT2D eigenvalue weighted by atomic mass is 28.3. The summed E-state index contributed by atoms with van der Waals surface area (Å²) < 4.78 is 0. The SMILES string of the molecule is C=c1ccc2c(c1)[Si](C)(CCCCCCCCCCCCCCCCCC)c1cc(N3CCCCC3)ccc1N=2. The monoisotopic (exact) mass is 558 g/mol. The molecule has 0 bridgehead atoms. The number of hydrogen-bond acceptors (Lipinski definition) is 2. The van der Waals surface area contributed by atoms with Gasteiger partial charge in [-0.05, 0) is 65.2 Å². The van der Waals surface area contributed by atoms with E-state index in [-0.39, 0.29) is 0 Å². The number of anilines is 1. The molecular formula is C37H58N2Si. The number of piperidine rings is 1. The molecule has 0 radical (unpaired) electrons. The highest BCUT2D eigenvalue weighted by Gasteiger charge is 2.37. The van der Waals surface area contributed by atoms with E-state index in [1.807, 2.05) is 0 Å². The van der Waals surface area contributed by atoms with Gasteiger partial charge in [-0.3, -0.25) is 0 Å². The number of fused-ring (bicyclic) bond motifs is 2. The van der Waals surface area contributed by atoms with Crippen LogP contribution in [0, 0.1) is 0 Å². The Morgan fingerprint density at radius 1 is 0.675 bits per heavy atom. The molecule has 0 amide bonds. The Hall–Kier alpha value is -1.87. The zero-order valence-electron chi connectivity index (χ0n) is 26.1. The average molecular weight is 559 g/mol. The first-order chi connectivity index (χ1) is 19.6. The number of unbranched alkanes of at least 4 members (excludes halogenated alkanes) is 15. The van der Waals surface area contributed by atoms with Crippen molar-refractivity contribution >= 4 is 36.4 Å². The van der Waals surface area contributed by atoms with Gasteiger partial charge < -0.3 is 4.90 Å². The van der Waals surface area contributed by atoms with Gasteiger partial charge in [-0.1, -0.05) is 135 Å². The fourth-order valence-corrected chi connectivity index (χ4v) is 11.3. The van der Waals surface area contributed by atoms with E-state index in [0.717, 1.165) is 5.22 Å². The van der Waals surface area contributed by atoms with Gasteiger partial charge in [0, 0.05) is 18.8 Å². The van der Waals surface area contributed by atoms with Gasteiger partial charge in [0.25, 0.3) is 0 Å². The van der Waals surface area contributed by atoms with E-state index in [1.54, 1.807) is 5.19 Å². The van der Waals surface area contributed by atoms with E-state index >= 15 is 0 Å². The molecule has 2 aromatic rings. The molecular weight excluding hydrogens is 501 g/mol. The highest BCUT2D eigenvalue weighted by Crippen LogP contribution is 2.28. The summed E-state index contributed by atoms with van der Waals surface area (Å²) in [6, 6.07) is 15.2. The van der Waals surface area contributed by atoms with Crippen LogP contribution in [0.3, 0.4) is 0 Å². The highest BCUT2D eigenvalue weighted by molar-refractivity contribution is 7.02. The Kier molecular flexibility index (Phi) is 12.8. The van der Waals surface area contributed by atoms with Gasteiger partial charge in [-0.2, -0.15) is 0 Å². The van der Waals surface area contributed by atoms with Gasteiger partial charge in [-0.15, -0.1) is 0 Å². The molecule has 1 fully saturated rings. The van der Waals surface area contributed by atoms with E-state index in [0.29, 0.717) is 0 Å². The van der Waals surface area contributed by atoms with Gasteiger partial charge in [0.05, 0.1) is 11.0 Å². The Bertz CT molecular complexity index is 1140. The molecule has 1 atom stereocenters. The van der Waals surface area contributed by atoms with E-state index in [2.05, 4.69) is 61.3 Å². The van der Waals surface area contributed by atoms with E-state index in [9.17, 15) is 0 Å². The molecule has 0 saturated carbocycles. The summed E-state index contributed by atoms with van der Waals surface area (Å²) in [6.07, 6.45) is 26.9. The lowest BCUT2D eigenvalue weighted by atomic mass is 10.0. The van der Waals surface area contributed by atoms with E-state index in [4.69, 9.17) is 4.99 Å². The van der Waals surface area contributed by atoms with Gasteiger partial charge in [0.1, 0.15) is 8.07 Å². The Morgan fingerprint density at radius 2 is 1.25 bits per heavy atom. The first-order valence-corrected chi connectivity index (χ1v) is 19.9. The van der Waals surface area contributed by atoms with Gasteiger partial charge in [0.2, 0.25) is 0 Å². The van der Waals surface area contributed by atoms with Crippen LogP contribution in [0.15, 0.2) is 41.4 Å². The van der Waals surface area contributed by atoms with Crippen LogP contribution in [0.2, 0.25) is 12.6 Å². The molecule has 0 spiro atoms. The molecule has 0 aliphatic carbocycles. The molecule has 2 nitrogen and oxygen atoms in total. The lowest BCUT2D eigenvalue weighted by Crippen LogP contribution is -2.63. The van der Waals surface area contributed by atoms with Crippen molar-refractivity contribution in [2.24, 2.45) is 4.99 Å². The van der Waals surface area contributed by atoms with Crippen molar-refractivity contribution in [3.8, 4) is 0 Å². The maximum Gasteiger partial charge on any atom is 0.120 e. The van der Waals surface area contributed by atoms with Crippen molar-refractivity contribution in [2.45, 2.75) is 142 Å². The topological polar surface area (TPSA) is 15.6 Å². The number of rotatable bonds is 18. The summed E-state index contributed by atoms with van der Waals surface area (Å²) in [5.74, 6) is 0. The van der Waals surface area contributed by atoms with Gasteiger partial charge >= 0.3 is 0 Å². The summed E-state index contributed by atoms with van der Waals surface area (Å²) in [7, 11) is -1.87. The fraction of sp³-hybridized carbons (Fsp3) is 0.649. The third kappa shape index (κ3) is 8.81. The number of nitrogens with zero attached hydrogens (tertiary/aromatic N) is 2. The third-order valence-corrected chi connectivity index (χ3v) is 14.3. The molecule has 40 heavy (non-hydrogen) atoms. The Morgan fingerprint density at radius 3 is 1.85 bits per heavy atom. The predicted octanol–water partition coefficient (Wildman–Crippen LogP) is 8.81. The Labute approximate surface area is 247 Å². The zero-order chi connectivity index (χ0) is 28.0. The van der Waals surface area contributed by atoms with Gasteiger partial charge in [-0.25, -0.2) is 4.99 Å². The summed E-state index contributed by atoms with van der Waals surface area (Å²) >= 11 is 0. The second-order valence-electron chi connectivity index (χ2n) is 13.1. The van der Waals surface area contributed by atoms with Crippen molar-refractivity contribution < 1.29 is 0 Å². The average Bonchev–Trinajstić information content (AvgIpc) is 2.98. The molecule has 0 N–H and O–H groups in total. The molecule has 220 valence electrons. The first kappa shape index (κ1) is 31.1. The van der Waals surface area contributed by atoms with Crippen LogP contribution in [0.1, 0.15) is 129 Å². The second-order valence-corrected chi connectivity index (χ2v) is 17.3. The fourth-order valence-electron chi connectivity index (χ4n) is 7.11. The first-order valence-electron chi connectivity index (χ1n) is 17.2.